The molecule has 346 valence electrons. The van der Waals surface area contributed by atoms with Crippen LogP contribution in [-0.4, -0.2) is 38.1 Å². The van der Waals surface area contributed by atoms with Gasteiger partial charge in [-0.1, -0.05) is 211 Å². The molecule has 1 aromatic rings. The predicted octanol–water partition coefficient (Wildman–Crippen LogP) is 16.4. The maximum Gasteiger partial charge on any atom is 0.340 e. The van der Waals surface area contributed by atoms with E-state index in [0.29, 0.717) is 12.8 Å². The highest BCUT2D eigenvalue weighted by molar-refractivity contribution is 7.86. The second-order valence-corrected chi connectivity index (χ2v) is 18.5. The fourth-order valence-electron chi connectivity index (χ4n) is 7.72. The lowest BCUT2D eigenvalue weighted by atomic mass is 10.1. The van der Waals surface area contributed by atoms with Crippen molar-refractivity contribution in [1.82, 2.24) is 0 Å². The highest BCUT2D eigenvalue weighted by Gasteiger charge is 2.28. The van der Waals surface area contributed by atoms with E-state index < -0.39 is 32.5 Å². The van der Waals surface area contributed by atoms with Gasteiger partial charge in [-0.2, -0.15) is 8.42 Å². The van der Waals surface area contributed by atoms with Crippen LogP contribution in [0.4, 0.5) is 0 Å². The zero-order valence-corrected chi connectivity index (χ0v) is 39.5. The van der Waals surface area contributed by atoms with Crippen molar-refractivity contribution in [3.8, 4) is 0 Å². The summed E-state index contributed by atoms with van der Waals surface area (Å²) in [6.45, 7) is 4.81. The van der Waals surface area contributed by atoms with Crippen LogP contribution in [0.15, 0.2) is 47.4 Å². The number of unbranched alkanes of at least 4 members (excludes halogenated alkanes) is 32. The number of rotatable bonds is 43. The van der Waals surface area contributed by atoms with Gasteiger partial charge in [0.2, 0.25) is 0 Å². The van der Waals surface area contributed by atoms with Gasteiger partial charge < -0.3 is 9.47 Å². The third kappa shape index (κ3) is 32.3. The monoisotopic (exact) mass is 859 g/mol. The standard InChI is InChI=1S/C52H90O7S/c1-3-5-7-9-11-13-15-17-19-21-23-25-27-29-31-33-35-37-39-41-46-58-51(53)48-44-43-45-49(60(55,56)57)50(48)52(54)59-47-42-40-38-36-34-32-30-28-26-24-22-20-18-16-14-12-10-8-6-4-2/h23-26,43-45H,3-22,27-42,46-47H2,1-2H3,(H,55,56,57)/b25-23+,26-24+. The van der Waals surface area contributed by atoms with Crippen LogP contribution in [0, 0.1) is 0 Å². The number of carbonyl (C=O) groups is 2. The van der Waals surface area contributed by atoms with E-state index in [1.165, 1.54) is 179 Å². The Morgan fingerprint density at radius 2 is 0.750 bits per heavy atom. The molecule has 7 nitrogen and oxygen atoms in total. The average Bonchev–Trinajstić information content (AvgIpc) is 3.24. The van der Waals surface area contributed by atoms with E-state index in [9.17, 15) is 22.6 Å². The molecule has 0 unspecified atom stereocenters. The van der Waals surface area contributed by atoms with Gasteiger partial charge in [0, 0.05) is 0 Å². The average molecular weight is 859 g/mol. The minimum Gasteiger partial charge on any atom is -0.462 e. The van der Waals surface area contributed by atoms with Gasteiger partial charge in [0.15, 0.2) is 0 Å². The minimum absolute atomic E-state index is 0.104. The van der Waals surface area contributed by atoms with Crippen LogP contribution >= 0.6 is 0 Å². The van der Waals surface area contributed by atoms with E-state index in [1.54, 1.807) is 0 Å². The van der Waals surface area contributed by atoms with Crippen LogP contribution in [0.25, 0.3) is 0 Å². The summed E-state index contributed by atoms with van der Waals surface area (Å²) in [5, 5.41) is 0. The number of ether oxygens (including phenoxy) is 2. The lowest BCUT2D eigenvalue weighted by Gasteiger charge is -2.13. The SMILES string of the molecule is CCCCCCCCCCC/C=C/CCCCCCCCCOC(=O)c1cccc(S(=O)(=O)O)c1C(=O)OCCCCCCCCC/C=C/CCCCCCCCCCC. The van der Waals surface area contributed by atoms with Crippen molar-refractivity contribution in [2.75, 3.05) is 13.2 Å². The number of hydrogen-bond donors (Lipinski definition) is 1. The van der Waals surface area contributed by atoms with Crippen molar-refractivity contribution in [3.05, 3.63) is 53.6 Å². The Labute approximate surface area is 369 Å². The van der Waals surface area contributed by atoms with E-state index in [2.05, 4.69) is 38.2 Å². The minimum atomic E-state index is -4.77. The van der Waals surface area contributed by atoms with Gasteiger partial charge in [0.25, 0.3) is 10.1 Å². The molecule has 0 aliphatic rings. The van der Waals surface area contributed by atoms with Crippen LogP contribution in [0.3, 0.4) is 0 Å². The molecule has 0 fully saturated rings. The third-order valence-corrected chi connectivity index (χ3v) is 12.4. The lowest BCUT2D eigenvalue weighted by Crippen LogP contribution is -2.19. The van der Waals surface area contributed by atoms with Crippen LogP contribution in [0.2, 0.25) is 0 Å². The predicted molar refractivity (Wildman–Crippen MR) is 253 cm³/mol. The number of allylic oxidation sites excluding steroid dienone is 4. The summed E-state index contributed by atoms with van der Waals surface area (Å²) < 4.78 is 45.0. The quantitative estimate of drug-likeness (QED) is 0.0302. The molecule has 0 saturated heterocycles. The molecule has 0 spiro atoms. The first-order valence-corrected chi connectivity index (χ1v) is 26.5. The largest absolute Gasteiger partial charge is 0.462 e. The molecule has 0 radical (unpaired) electrons. The lowest BCUT2D eigenvalue weighted by molar-refractivity contribution is 0.0446. The number of benzene rings is 1. The van der Waals surface area contributed by atoms with Crippen molar-refractivity contribution >= 4 is 22.1 Å². The van der Waals surface area contributed by atoms with Crippen molar-refractivity contribution in [1.29, 1.82) is 0 Å². The molecular weight excluding hydrogens is 769 g/mol. The summed E-state index contributed by atoms with van der Waals surface area (Å²) in [5.74, 6) is -1.75. The van der Waals surface area contributed by atoms with Gasteiger partial charge in [-0.25, -0.2) is 9.59 Å². The second kappa shape index (κ2) is 40.6. The third-order valence-electron chi connectivity index (χ3n) is 11.5. The van der Waals surface area contributed by atoms with E-state index in [1.807, 2.05) is 0 Å². The molecule has 1 N–H and O–H groups in total. The fourth-order valence-corrected chi connectivity index (χ4v) is 8.42. The van der Waals surface area contributed by atoms with Crippen LogP contribution < -0.4 is 0 Å². The van der Waals surface area contributed by atoms with Gasteiger partial charge in [0.1, 0.15) is 4.90 Å². The zero-order valence-electron chi connectivity index (χ0n) is 38.7. The summed E-state index contributed by atoms with van der Waals surface area (Å²) in [5.41, 5.74) is -0.679. The Bertz CT molecular complexity index is 1340. The molecule has 0 amide bonds. The maximum absolute atomic E-state index is 13.1. The molecule has 0 aliphatic carbocycles. The highest BCUT2D eigenvalue weighted by atomic mass is 32.2. The van der Waals surface area contributed by atoms with Crippen LogP contribution in [-0.2, 0) is 19.6 Å². The highest BCUT2D eigenvalue weighted by Crippen LogP contribution is 2.23. The van der Waals surface area contributed by atoms with Gasteiger partial charge in [-0.15, -0.1) is 0 Å². The molecule has 0 aromatic heterocycles. The molecule has 8 heteroatoms. The molecule has 0 bridgehead atoms. The Morgan fingerprint density at radius 1 is 0.450 bits per heavy atom. The number of carbonyl (C=O) groups excluding carboxylic acids is 2. The Kier molecular flexibility index (Phi) is 37.6. The summed E-state index contributed by atoms with van der Waals surface area (Å²) in [6.07, 6.45) is 53.5. The van der Waals surface area contributed by atoms with Crippen LogP contribution in [0.1, 0.15) is 266 Å². The van der Waals surface area contributed by atoms with Crippen molar-refractivity contribution in [2.45, 2.75) is 250 Å². The summed E-state index contributed by atoms with van der Waals surface area (Å²) >= 11 is 0. The van der Waals surface area contributed by atoms with E-state index in [0.717, 1.165) is 57.4 Å². The first-order valence-electron chi connectivity index (χ1n) is 25.1. The maximum atomic E-state index is 13.1. The Morgan fingerprint density at radius 3 is 1.08 bits per heavy atom. The van der Waals surface area contributed by atoms with Crippen LogP contribution in [0.5, 0.6) is 0 Å². The van der Waals surface area contributed by atoms with Crippen molar-refractivity contribution in [2.24, 2.45) is 0 Å². The molecular formula is C52H90O7S. The Hall–Kier alpha value is -2.45. The number of esters is 2. The fraction of sp³-hybridized carbons (Fsp3) is 0.769. The summed E-state index contributed by atoms with van der Waals surface area (Å²) in [4.78, 5) is 25.4. The number of hydrogen-bond acceptors (Lipinski definition) is 6. The first kappa shape index (κ1) is 55.6. The van der Waals surface area contributed by atoms with E-state index in [-0.39, 0.29) is 18.8 Å². The molecule has 0 atom stereocenters. The topological polar surface area (TPSA) is 107 Å². The smallest absolute Gasteiger partial charge is 0.340 e. The molecule has 0 saturated carbocycles. The van der Waals surface area contributed by atoms with E-state index >= 15 is 0 Å². The molecule has 0 heterocycles. The molecule has 0 aliphatic heterocycles. The molecule has 1 aromatic carbocycles. The van der Waals surface area contributed by atoms with Gasteiger partial charge >= 0.3 is 11.9 Å². The summed E-state index contributed by atoms with van der Waals surface area (Å²) in [6, 6.07) is 3.76. The first-order chi connectivity index (χ1) is 29.3. The molecule has 60 heavy (non-hydrogen) atoms. The molecule has 1 rings (SSSR count). The van der Waals surface area contributed by atoms with Crippen molar-refractivity contribution in [3.63, 3.8) is 0 Å². The van der Waals surface area contributed by atoms with Gasteiger partial charge in [-0.05, 0) is 76.3 Å². The normalized spacial score (nSPS) is 11.9. The Balaban J connectivity index is 2.17. The van der Waals surface area contributed by atoms with Gasteiger partial charge in [-0.3, -0.25) is 4.55 Å². The van der Waals surface area contributed by atoms with E-state index in [4.69, 9.17) is 9.47 Å². The van der Waals surface area contributed by atoms with Gasteiger partial charge in [0.05, 0.1) is 24.3 Å². The zero-order chi connectivity index (χ0) is 43.6. The summed E-state index contributed by atoms with van der Waals surface area (Å²) in [7, 11) is -4.77. The van der Waals surface area contributed by atoms with Crippen molar-refractivity contribution < 1.29 is 32.0 Å². The second-order valence-electron chi connectivity index (χ2n) is 17.1.